The molecule has 1 atom stereocenters. The van der Waals surface area contributed by atoms with Crippen molar-refractivity contribution in [1.29, 1.82) is 0 Å². The van der Waals surface area contributed by atoms with Gasteiger partial charge in [0.2, 0.25) is 5.91 Å². The molecule has 0 spiro atoms. The van der Waals surface area contributed by atoms with Crippen LogP contribution < -0.4 is 10.6 Å². The van der Waals surface area contributed by atoms with Gasteiger partial charge in [0.25, 0.3) is 0 Å². The van der Waals surface area contributed by atoms with E-state index in [4.69, 9.17) is 5.73 Å². The molecule has 3 N–H and O–H groups in total. The van der Waals surface area contributed by atoms with E-state index in [2.05, 4.69) is 0 Å². The van der Waals surface area contributed by atoms with E-state index >= 15 is 0 Å². The lowest BCUT2D eigenvalue weighted by molar-refractivity contribution is -0.117. The van der Waals surface area contributed by atoms with Gasteiger partial charge in [0.1, 0.15) is 5.75 Å². The van der Waals surface area contributed by atoms with Crippen molar-refractivity contribution < 1.29 is 9.90 Å². The molecule has 1 amide bonds. The van der Waals surface area contributed by atoms with Crippen molar-refractivity contribution >= 4 is 11.6 Å². The number of phenolic OH excluding ortho intramolecular Hbond substituents is 1. The highest BCUT2D eigenvalue weighted by Gasteiger charge is 2.30. The van der Waals surface area contributed by atoms with Crippen molar-refractivity contribution in [2.45, 2.75) is 20.3 Å². The second-order valence-corrected chi connectivity index (χ2v) is 4.74. The maximum atomic E-state index is 11.9. The molecule has 1 fully saturated rings. The monoisotopic (exact) mass is 234 g/mol. The van der Waals surface area contributed by atoms with Crippen LogP contribution in [0.25, 0.3) is 0 Å². The standard InChI is InChI=1S/C13H18N2O2/c1-8-4-12(16)9(2)3-11(8)15-7-10(6-14)5-13(15)17/h3-4,10,16H,5-7,14H2,1-2H3. The number of aromatic hydroxyl groups is 1. The van der Waals surface area contributed by atoms with Crippen LogP contribution in [0, 0.1) is 19.8 Å². The van der Waals surface area contributed by atoms with Gasteiger partial charge in [0.05, 0.1) is 0 Å². The Balaban J connectivity index is 2.35. The molecule has 1 saturated heterocycles. The van der Waals surface area contributed by atoms with Gasteiger partial charge in [-0.25, -0.2) is 0 Å². The van der Waals surface area contributed by atoms with E-state index in [1.807, 2.05) is 19.9 Å². The van der Waals surface area contributed by atoms with Crippen LogP contribution in [0.5, 0.6) is 5.75 Å². The number of nitrogens with two attached hydrogens (primary N) is 1. The van der Waals surface area contributed by atoms with Crippen LogP contribution in [-0.4, -0.2) is 24.1 Å². The normalized spacial score (nSPS) is 20.1. The molecule has 92 valence electrons. The first-order chi connectivity index (χ1) is 8.02. The Kier molecular flexibility index (Phi) is 3.07. The molecule has 1 aromatic carbocycles. The fourth-order valence-electron chi connectivity index (χ4n) is 2.25. The SMILES string of the molecule is Cc1cc(N2CC(CN)CC2=O)c(C)cc1O. The Morgan fingerprint density at radius 2 is 2.12 bits per heavy atom. The summed E-state index contributed by atoms with van der Waals surface area (Å²) in [6.07, 6.45) is 0.524. The summed E-state index contributed by atoms with van der Waals surface area (Å²) in [5, 5.41) is 9.61. The van der Waals surface area contributed by atoms with Crippen molar-refractivity contribution in [3.8, 4) is 5.75 Å². The third kappa shape index (κ3) is 2.13. The maximum Gasteiger partial charge on any atom is 0.227 e. The van der Waals surface area contributed by atoms with Crippen LogP contribution in [0.2, 0.25) is 0 Å². The van der Waals surface area contributed by atoms with E-state index < -0.39 is 0 Å². The second kappa shape index (κ2) is 4.37. The van der Waals surface area contributed by atoms with Gasteiger partial charge in [-0.3, -0.25) is 4.79 Å². The van der Waals surface area contributed by atoms with Crippen LogP contribution in [-0.2, 0) is 4.79 Å². The molecule has 17 heavy (non-hydrogen) atoms. The number of carbonyl (C=O) groups is 1. The molecular formula is C13H18N2O2. The number of hydrogen-bond donors (Lipinski definition) is 2. The lowest BCUT2D eigenvalue weighted by Gasteiger charge is -2.20. The van der Waals surface area contributed by atoms with Crippen LogP contribution in [0.3, 0.4) is 0 Å². The smallest absolute Gasteiger partial charge is 0.227 e. The van der Waals surface area contributed by atoms with Crippen molar-refractivity contribution in [3.05, 3.63) is 23.3 Å². The van der Waals surface area contributed by atoms with Crippen LogP contribution >= 0.6 is 0 Å². The topological polar surface area (TPSA) is 66.6 Å². The molecule has 0 saturated carbocycles. The van der Waals surface area contributed by atoms with Crippen LogP contribution in [0.1, 0.15) is 17.5 Å². The van der Waals surface area contributed by atoms with E-state index in [-0.39, 0.29) is 17.6 Å². The number of anilines is 1. The average Bonchev–Trinajstić information content (AvgIpc) is 2.65. The van der Waals surface area contributed by atoms with Gasteiger partial charge in [-0.05, 0) is 49.6 Å². The number of rotatable bonds is 2. The minimum absolute atomic E-state index is 0.119. The lowest BCUT2D eigenvalue weighted by atomic mass is 10.1. The first-order valence-electron chi connectivity index (χ1n) is 5.83. The third-order valence-electron chi connectivity index (χ3n) is 3.34. The first-order valence-corrected chi connectivity index (χ1v) is 5.83. The summed E-state index contributed by atoms with van der Waals surface area (Å²) in [5.74, 6) is 0.637. The Bertz CT molecular complexity index is 457. The largest absolute Gasteiger partial charge is 0.508 e. The molecule has 1 aromatic rings. The van der Waals surface area contributed by atoms with Crippen molar-refractivity contribution in [3.63, 3.8) is 0 Å². The minimum atomic E-state index is 0.119. The van der Waals surface area contributed by atoms with Crippen molar-refractivity contribution in [2.24, 2.45) is 11.7 Å². The summed E-state index contributed by atoms with van der Waals surface area (Å²) in [6.45, 7) is 4.95. The molecule has 0 radical (unpaired) electrons. The van der Waals surface area contributed by atoms with Gasteiger partial charge < -0.3 is 15.7 Å². The van der Waals surface area contributed by atoms with E-state index in [1.54, 1.807) is 11.0 Å². The summed E-state index contributed by atoms with van der Waals surface area (Å²) >= 11 is 0. The van der Waals surface area contributed by atoms with Crippen LogP contribution in [0.4, 0.5) is 5.69 Å². The van der Waals surface area contributed by atoms with Crippen molar-refractivity contribution in [2.75, 3.05) is 18.0 Å². The lowest BCUT2D eigenvalue weighted by Crippen LogP contribution is -2.26. The highest BCUT2D eigenvalue weighted by atomic mass is 16.3. The number of benzene rings is 1. The Morgan fingerprint density at radius 3 is 2.71 bits per heavy atom. The maximum absolute atomic E-state index is 11.9. The summed E-state index contributed by atoms with van der Waals surface area (Å²) in [6, 6.07) is 3.56. The zero-order valence-electron chi connectivity index (χ0n) is 10.2. The molecule has 1 heterocycles. The Morgan fingerprint density at radius 1 is 1.41 bits per heavy atom. The molecule has 1 unspecified atom stereocenters. The summed E-state index contributed by atoms with van der Waals surface area (Å²) in [7, 11) is 0. The molecule has 1 aliphatic rings. The van der Waals surface area contributed by atoms with Crippen molar-refractivity contribution in [1.82, 2.24) is 0 Å². The highest BCUT2D eigenvalue weighted by Crippen LogP contribution is 2.31. The van der Waals surface area contributed by atoms with Gasteiger partial charge in [0.15, 0.2) is 0 Å². The summed E-state index contributed by atoms with van der Waals surface area (Å²) in [5.41, 5.74) is 8.20. The van der Waals surface area contributed by atoms with E-state index in [9.17, 15) is 9.90 Å². The highest BCUT2D eigenvalue weighted by molar-refractivity contribution is 5.96. The molecule has 0 aliphatic carbocycles. The predicted molar refractivity (Wildman–Crippen MR) is 67.1 cm³/mol. The van der Waals surface area contributed by atoms with Gasteiger partial charge in [0, 0.05) is 18.7 Å². The molecule has 4 nitrogen and oxygen atoms in total. The fourth-order valence-corrected chi connectivity index (χ4v) is 2.25. The van der Waals surface area contributed by atoms with Gasteiger partial charge in [-0.15, -0.1) is 0 Å². The molecule has 0 aromatic heterocycles. The molecule has 4 heteroatoms. The van der Waals surface area contributed by atoms with Crippen LogP contribution in [0.15, 0.2) is 12.1 Å². The zero-order chi connectivity index (χ0) is 12.6. The minimum Gasteiger partial charge on any atom is -0.508 e. The summed E-state index contributed by atoms with van der Waals surface area (Å²) in [4.78, 5) is 13.7. The predicted octanol–water partition coefficient (Wildman–Crippen LogP) is 1.32. The average molecular weight is 234 g/mol. The summed E-state index contributed by atoms with van der Waals surface area (Å²) < 4.78 is 0. The number of carbonyl (C=O) groups excluding carboxylic acids is 1. The van der Waals surface area contributed by atoms with E-state index in [0.29, 0.717) is 19.5 Å². The Labute approximate surface area is 101 Å². The number of nitrogens with zero attached hydrogens (tertiary/aromatic N) is 1. The molecular weight excluding hydrogens is 216 g/mol. The third-order valence-corrected chi connectivity index (χ3v) is 3.34. The number of phenols is 1. The van der Waals surface area contributed by atoms with Gasteiger partial charge in [-0.2, -0.15) is 0 Å². The van der Waals surface area contributed by atoms with E-state index in [0.717, 1.165) is 16.8 Å². The fraction of sp³-hybridized carbons (Fsp3) is 0.462. The number of hydrogen-bond acceptors (Lipinski definition) is 3. The number of aryl methyl sites for hydroxylation is 2. The molecule has 1 aliphatic heterocycles. The first kappa shape index (κ1) is 11.9. The molecule has 0 bridgehead atoms. The van der Waals surface area contributed by atoms with Gasteiger partial charge in [-0.1, -0.05) is 0 Å². The molecule has 2 rings (SSSR count). The number of amides is 1. The van der Waals surface area contributed by atoms with Gasteiger partial charge >= 0.3 is 0 Å². The quantitative estimate of drug-likeness (QED) is 0.811. The second-order valence-electron chi connectivity index (χ2n) is 4.74. The zero-order valence-corrected chi connectivity index (χ0v) is 10.2. The Hall–Kier alpha value is -1.55. The van der Waals surface area contributed by atoms with E-state index in [1.165, 1.54) is 0 Å².